The van der Waals surface area contributed by atoms with E-state index in [1.165, 1.54) is 17.4 Å². The van der Waals surface area contributed by atoms with Gasteiger partial charge in [0.05, 0.1) is 29.7 Å². The molecule has 3 aliphatic carbocycles. The van der Waals surface area contributed by atoms with Gasteiger partial charge in [-0.05, 0) is 90.4 Å². The lowest BCUT2D eigenvalue weighted by molar-refractivity contribution is -0.384. The second kappa shape index (κ2) is 14.3. The Morgan fingerprint density at radius 2 is 1.86 bits per heavy atom. The molecule has 2 aromatic carbocycles. The molecule has 6 rings (SSSR count). The predicted octanol–water partition coefficient (Wildman–Crippen LogP) is 6.65. The Morgan fingerprint density at radius 3 is 2.43 bits per heavy atom. The Morgan fingerprint density at radius 1 is 1.18 bits per heavy atom. The Hall–Kier alpha value is -3.16. The quantitative estimate of drug-likeness (QED) is 0.150. The van der Waals surface area contributed by atoms with E-state index in [4.69, 9.17) is 9.26 Å². The van der Waals surface area contributed by atoms with Crippen molar-refractivity contribution in [2.24, 2.45) is 29.1 Å². The number of benzene rings is 2. The third-order valence-corrected chi connectivity index (χ3v) is 17.2. The highest BCUT2D eigenvalue weighted by molar-refractivity contribution is 6.74. The summed E-state index contributed by atoms with van der Waals surface area (Å²) in [6.07, 6.45) is 0.719. The van der Waals surface area contributed by atoms with Gasteiger partial charge in [-0.1, -0.05) is 59.7 Å². The summed E-state index contributed by atoms with van der Waals surface area (Å²) in [5.41, 5.74) is 2.09. The summed E-state index contributed by atoms with van der Waals surface area (Å²) in [7, 11) is 1.02. The average Bonchev–Trinajstić information content (AvgIpc) is 3.41. The molecular formula is C39H58N4O7Si. The molecule has 0 aromatic heterocycles. The largest absolute Gasteiger partial charge is 0.414 e. The molecule has 51 heavy (non-hydrogen) atoms. The van der Waals surface area contributed by atoms with Crippen LogP contribution in [-0.2, 0) is 20.6 Å². The van der Waals surface area contributed by atoms with Gasteiger partial charge in [-0.2, -0.15) is 5.06 Å². The molecule has 4 fully saturated rings. The molecule has 12 heteroatoms. The first-order valence-corrected chi connectivity index (χ1v) is 21.2. The molecule has 8 atom stereocenters. The number of amides is 2. The summed E-state index contributed by atoms with van der Waals surface area (Å²) >= 11 is 0. The maximum absolute atomic E-state index is 14.4. The Bertz CT molecular complexity index is 1640. The number of hydrogen-bond donors (Lipinski definition) is 2. The number of rotatable bonds is 11. The second-order valence-electron chi connectivity index (χ2n) is 17.5. The van der Waals surface area contributed by atoms with Crippen molar-refractivity contribution < 1.29 is 28.9 Å². The minimum absolute atomic E-state index is 0.0326. The molecule has 1 saturated heterocycles. The van der Waals surface area contributed by atoms with Gasteiger partial charge in [-0.3, -0.25) is 24.5 Å². The molecule has 4 aliphatic rings. The number of fused-ring (bicyclic) bond motifs is 2. The Kier molecular flexibility index (Phi) is 11.0. The third-order valence-electron chi connectivity index (χ3n) is 12.7. The smallest absolute Gasteiger partial charge is 0.277 e. The molecular weight excluding hydrogens is 665 g/mol. The summed E-state index contributed by atoms with van der Waals surface area (Å²) in [4.78, 5) is 46.7. The molecule has 0 unspecified atom stereocenters. The minimum Gasteiger partial charge on any atom is -0.414 e. The molecule has 280 valence electrons. The van der Waals surface area contributed by atoms with Crippen molar-refractivity contribution >= 4 is 25.8 Å². The summed E-state index contributed by atoms with van der Waals surface area (Å²) in [6.45, 7) is 19.9. The van der Waals surface area contributed by atoms with Gasteiger partial charge in [0.25, 0.3) is 11.6 Å². The van der Waals surface area contributed by atoms with Gasteiger partial charge in [-0.25, -0.2) is 0 Å². The van der Waals surface area contributed by atoms with Crippen molar-refractivity contribution in [2.75, 3.05) is 20.7 Å². The molecule has 3 saturated carbocycles. The number of nitrogens with zero attached hydrogens (tertiary/aromatic N) is 3. The minimum atomic E-state index is -2.18. The molecule has 0 radical (unpaired) electrons. The van der Waals surface area contributed by atoms with Crippen LogP contribution in [0.15, 0.2) is 42.5 Å². The third kappa shape index (κ3) is 7.66. The van der Waals surface area contributed by atoms with E-state index in [9.17, 15) is 24.8 Å². The zero-order chi connectivity index (χ0) is 37.8. The zero-order valence-corrected chi connectivity index (χ0v) is 33.2. The monoisotopic (exact) mass is 722 g/mol. The Balaban J connectivity index is 1.45. The predicted molar refractivity (Wildman–Crippen MR) is 200 cm³/mol. The number of hydroxylamine groups is 2. The van der Waals surface area contributed by atoms with Crippen molar-refractivity contribution in [3.63, 3.8) is 0 Å². The highest BCUT2D eigenvalue weighted by Gasteiger charge is 2.57. The average molecular weight is 723 g/mol. The molecule has 2 bridgehead atoms. The molecule has 0 spiro atoms. The van der Waals surface area contributed by atoms with E-state index in [0.717, 1.165) is 12.0 Å². The van der Waals surface area contributed by atoms with Crippen LogP contribution in [0.4, 0.5) is 5.69 Å². The molecule has 11 nitrogen and oxygen atoms in total. The molecule has 1 heterocycles. The van der Waals surface area contributed by atoms with Gasteiger partial charge in [0, 0.05) is 37.7 Å². The van der Waals surface area contributed by atoms with E-state index in [2.05, 4.69) is 60.0 Å². The summed E-state index contributed by atoms with van der Waals surface area (Å²) in [5.74, 6) is 0.416. The van der Waals surface area contributed by atoms with Crippen molar-refractivity contribution in [3.05, 3.63) is 63.7 Å². The standard InChI is InChI=1S/C39H58N4O7Si/c1-23-30-19-28(39(30,6)7)20-31(23)40-36(45)35-34(24(2)44)33(22-49-51(10,11)38(3,4)5)50-42(35)21-25-13-12-14-26(17-25)29-16-15-27(37(46)41(8)9)18-32(29)43(47)48/h12-18,23-24,28,30-31,33-35,44H,19-22H2,1-11H3,(H,40,45)/t23-,24-,28+,30-,31-,33-,34+,35-/m0/s1. The van der Waals surface area contributed by atoms with Crippen LogP contribution in [0.25, 0.3) is 11.1 Å². The van der Waals surface area contributed by atoms with Gasteiger partial charge < -0.3 is 19.7 Å². The van der Waals surface area contributed by atoms with Crippen LogP contribution in [0.5, 0.6) is 0 Å². The first-order valence-electron chi connectivity index (χ1n) is 18.3. The number of aliphatic hydroxyl groups excluding tert-OH is 1. The first kappa shape index (κ1) is 39.1. The molecule has 2 amide bonds. The van der Waals surface area contributed by atoms with Crippen LogP contribution in [0.1, 0.15) is 77.2 Å². The lowest BCUT2D eigenvalue weighted by Crippen LogP contribution is -2.62. The first-order chi connectivity index (χ1) is 23.6. The van der Waals surface area contributed by atoms with E-state index in [-0.39, 0.29) is 52.7 Å². The number of hydrogen-bond acceptors (Lipinski definition) is 8. The topological polar surface area (TPSA) is 134 Å². The van der Waals surface area contributed by atoms with Gasteiger partial charge in [0.1, 0.15) is 12.1 Å². The van der Waals surface area contributed by atoms with Gasteiger partial charge in [0.2, 0.25) is 5.91 Å². The van der Waals surface area contributed by atoms with E-state index in [1.807, 2.05) is 18.2 Å². The fourth-order valence-electron chi connectivity index (χ4n) is 8.31. The zero-order valence-electron chi connectivity index (χ0n) is 32.2. The fraction of sp³-hybridized carbons (Fsp3) is 0.641. The number of nitro benzene ring substituents is 1. The van der Waals surface area contributed by atoms with Crippen molar-refractivity contribution in [1.29, 1.82) is 0 Å². The summed E-state index contributed by atoms with van der Waals surface area (Å²) in [6, 6.07) is 11.1. The molecule has 2 N–H and O–H groups in total. The fourth-order valence-corrected chi connectivity index (χ4v) is 9.33. The van der Waals surface area contributed by atoms with Crippen LogP contribution in [0.2, 0.25) is 18.1 Å². The lowest BCUT2D eigenvalue weighted by atomic mass is 9.45. The molecule has 2 aromatic rings. The van der Waals surface area contributed by atoms with Crippen LogP contribution >= 0.6 is 0 Å². The number of carbonyl (C=O) groups is 2. The number of nitrogens with one attached hydrogen (secondary N) is 1. The number of carbonyl (C=O) groups excluding carboxylic acids is 2. The van der Waals surface area contributed by atoms with Crippen LogP contribution < -0.4 is 5.32 Å². The van der Waals surface area contributed by atoms with Crippen LogP contribution in [0, 0.1) is 39.2 Å². The maximum Gasteiger partial charge on any atom is 0.277 e. The Labute approximate surface area is 304 Å². The SMILES string of the molecule is C[C@@H]1[C@@H](NC(=O)[C@@H]2[C@H]([C@H](C)O)[C@H](CO[Si](C)(C)C(C)(C)C)ON2Cc2cccc(-c3ccc(C(=O)N(C)C)cc3[N+](=O)[O-])c2)C[C@H]2C[C@@H]1C2(C)C. The van der Waals surface area contributed by atoms with Crippen molar-refractivity contribution in [1.82, 2.24) is 15.3 Å². The highest BCUT2D eigenvalue weighted by Crippen LogP contribution is 2.61. The van der Waals surface area contributed by atoms with Crippen LogP contribution in [0.3, 0.4) is 0 Å². The normalized spacial score (nSPS) is 28.1. The maximum atomic E-state index is 14.4. The highest BCUT2D eigenvalue weighted by atomic mass is 28.4. The van der Waals surface area contributed by atoms with E-state index < -0.39 is 37.4 Å². The van der Waals surface area contributed by atoms with E-state index in [0.29, 0.717) is 28.9 Å². The van der Waals surface area contributed by atoms with Crippen LogP contribution in [-0.4, -0.2) is 85.1 Å². The second-order valence-corrected chi connectivity index (χ2v) is 22.3. The van der Waals surface area contributed by atoms with E-state index >= 15 is 0 Å². The summed E-state index contributed by atoms with van der Waals surface area (Å²) < 4.78 is 6.60. The van der Waals surface area contributed by atoms with Crippen molar-refractivity contribution in [3.8, 4) is 11.1 Å². The number of nitro groups is 1. The molecule has 1 aliphatic heterocycles. The van der Waals surface area contributed by atoms with E-state index in [1.54, 1.807) is 44.3 Å². The summed E-state index contributed by atoms with van der Waals surface area (Å²) in [5, 5.41) is 28.5. The van der Waals surface area contributed by atoms with Gasteiger partial charge >= 0.3 is 0 Å². The van der Waals surface area contributed by atoms with Gasteiger partial charge in [-0.15, -0.1) is 0 Å². The lowest BCUT2D eigenvalue weighted by Gasteiger charge is -2.62. The number of aliphatic hydroxyl groups is 1. The van der Waals surface area contributed by atoms with Gasteiger partial charge in [0.15, 0.2) is 8.32 Å². The van der Waals surface area contributed by atoms with Crippen molar-refractivity contribution in [2.45, 2.75) is 110 Å².